The second-order valence-corrected chi connectivity index (χ2v) is 14.6. The van der Waals surface area contributed by atoms with Crippen LogP contribution in [0.2, 0.25) is 0 Å². The van der Waals surface area contributed by atoms with E-state index < -0.39 is 0 Å². The van der Waals surface area contributed by atoms with E-state index in [9.17, 15) is 9.59 Å². The van der Waals surface area contributed by atoms with Crippen LogP contribution in [0.5, 0.6) is 0 Å². The number of ether oxygens (including phenoxy) is 2. The maximum absolute atomic E-state index is 13.3. The molecule has 0 bridgehead atoms. The standard InChI is InChI=1S/C38H61N9O4.ClH/c1-3-4-5-7-10-16-27-25-28-19-20-31-32(26(2)43-38(44-27)47(28)31)34(48)50-23-13-9-6-8-11-17-29-33(30-18-15-22-46(30)37(41)45-29)35(49)51-24-14-12-21-42-36(39)40;/h27-29H,3-25H2,1-2H3,(H6,39,40,41,42,45);1H/t27-,28+,29-;/m1./s1. The summed E-state index contributed by atoms with van der Waals surface area (Å²) in [6, 6.07) is 0.581. The quantitative estimate of drug-likeness (QED) is 0.0476. The van der Waals surface area contributed by atoms with Crippen molar-refractivity contribution in [2.45, 2.75) is 154 Å². The normalized spacial score (nSPS) is 20.0. The van der Waals surface area contributed by atoms with Gasteiger partial charge in [0, 0.05) is 31.6 Å². The van der Waals surface area contributed by atoms with Crippen molar-refractivity contribution < 1.29 is 36.0 Å². The van der Waals surface area contributed by atoms with Crippen molar-refractivity contribution in [1.82, 2.24) is 9.88 Å². The molecule has 0 aromatic carbocycles. The van der Waals surface area contributed by atoms with Gasteiger partial charge in [-0.25, -0.2) is 19.1 Å². The fourth-order valence-corrected chi connectivity index (χ4v) is 8.17. The van der Waals surface area contributed by atoms with Gasteiger partial charge >= 0.3 is 17.9 Å². The van der Waals surface area contributed by atoms with Crippen LogP contribution in [0.1, 0.15) is 150 Å². The van der Waals surface area contributed by atoms with Gasteiger partial charge in [0.15, 0.2) is 11.9 Å². The molecular formula is C38H62ClN9O4. The summed E-state index contributed by atoms with van der Waals surface area (Å²) in [4.78, 5) is 42.1. The molecule has 13 nitrogen and oxygen atoms in total. The lowest BCUT2D eigenvalue weighted by molar-refractivity contribution is -0.710. The molecule has 3 atom stereocenters. The molecule has 1 aromatic rings. The first kappa shape index (κ1) is 41.2. The number of unbranched alkanes of at least 4 members (excludes halogenated alkanes) is 9. The minimum absolute atomic E-state index is 0. The number of halogens is 1. The van der Waals surface area contributed by atoms with E-state index in [1.807, 2.05) is 11.8 Å². The Balaban J connectivity index is 0.00000605. The van der Waals surface area contributed by atoms with Crippen LogP contribution in [0.3, 0.4) is 0 Å². The van der Waals surface area contributed by atoms with Gasteiger partial charge in [0.1, 0.15) is 11.3 Å². The third kappa shape index (κ3) is 10.7. The smallest absolute Gasteiger partial charge is 0.392 e. The van der Waals surface area contributed by atoms with Crippen LogP contribution < -0.4 is 39.5 Å². The highest BCUT2D eigenvalue weighted by Gasteiger charge is 2.42. The first-order chi connectivity index (χ1) is 24.8. The highest BCUT2D eigenvalue weighted by atomic mass is 35.5. The number of rotatable bonds is 21. The number of carbonyl (C=O) groups is 2. The van der Waals surface area contributed by atoms with E-state index in [-0.39, 0.29) is 36.3 Å². The van der Waals surface area contributed by atoms with Gasteiger partial charge < -0.3 is 44.0 Å². The number of guanidine groups is 2. The van der Waals surface area contributed by atoms with Crippen molar-refractivity contribution in [1.29, 1.82) is 0 Å². The third-order valence-electron chi connectivity index (χ3n) is 10.8. The van der Waals surface area contributed by atoms with Gasteiger partial charge in [0.05, 0.1) is 42.6 Å². The van der Waals surface area contributed by atoms with Crippen molar-refractivity contribution >= 4 is 29.8 Å². The summed E-state index contributed by atoms with van der Waals surface area (Å²) in [6.07, 6.45) is 19.3. The fraction of sp³-hybridized carbons (Fsp3) is 0.737. The Labute approximate surface area is 316 Å². The van der Waals surface area contributed by atoms with Crippen molar-refractivity contribution in [3.63, 3.8) is 0 Å². The number of nitrogens with zero attached hydrogens (tertiary/aromatic N) is 5. The summed E-state index contributed by atoms with van der Waals surface area (Å²) >= 11 is 0. The number of aliphatic imine (C=N–C) groups is 2. The van der Waals surface area contributed by atoms with E-state index in [4.69, 9.17) is 36.7 Å². The van der Waals surface area contributed by atoms with E-state index in [0.29, 0.717) is 55.4 Å². The Hall–Kier alpha value is -3.61. The van der Waals surface area contributed by atoms with E-state index in [1.165, 1.54) is 38.5 Å². The number of hydrogen-bond acceptors (Lipinski definition) is 10. The number of allylic oxidation sites excluding steroid dienone is 1. The van der Waals surface area contributed by atoms with Crippen molar-refractivity contribution in [2.75, 3.05) is 31.6 Å². The minimum atomic E-state index is -0.299. The lowest BCUT2D eigenvalue weighted by Crippen LogP contribution is -3.00. The second-order valence-electron chi connectivity index (χ2n) is 14.6. The van der Waals surface area contributed by atoms with E-state index in [1.54, 1.807) is 0 Å². The van der Waals surface area contributed by atoms with Crippen LogP contribution in [0.25, 0.3) is 0 Å². The number of hydrogen-bond donors (Lipinski definition) is 4. The Kier molecular flexibility index (Phi) is 16.3. The Morgan fingerprint density at radius 3 is 2.40 bits per heavy atom. The minimum Gasteiger partial charge on any atom is -1.00 e. The van der Waals surface area contributed by atoms with Gasteiger partial charge in [0.2, 0.25) is 0 Å². The van der Waals surface area contributed by atoms with Gasteiger partial charge in [-0.1, -0.05) is 69.7 Å². The van der Waals surface area contributed by atoms with Crippen LogP contribution in [0.4, 0.5) is 5.95 Å². The van der Waals surface area contributed by atoms with E-state index >= 15 is 0 Å². The first-order valence-corrected chi connectivity index (χ1v) is 19.7. The molecule has 0 spiro atoms. The molecule has 14 heteroatoms. The molecule has 1 aromatic heterocycles. The zero-order valence-electron chi connectivity index (χ0n) is 31.5. The molecule has 52 heavy (non-hydrogen) atoms. The summed E-state index contributed by atoms with van der Waals surface area (Å²) in [6.45, 7) is 6.18. The molecule has 0 aliphatic carbocycles. The molecule has 5 heterocycles. The molecule has 4 aliphatic heterocycles. The van der Waals surface area contributed by atoms with Crippen LogP contribution in [-0.4, -0.2) is 72.1 Å². The zero-order valence-corrected chi connectivity index (χ0v) is 32.2. The van der Waals surface area contributed by atoms with Crippen LogP contribution in [0, 0.1) is 6.92 Å². The third-order valence-corrected chi connectivity index (χ3v) is 10.8. The maximum Gasteiger partial charge on any atom is 0.392 e. The Morgan fingerprint density at radius 2 is 1.63 bits per heavy atom. The monoisotopic (exact) mass is 743 g/mol. The van der Waals surface area contributed by atoms with Gasteiger partial charge in [-0.3, -0.25) is 10.3 Å². The molecule has 0 radical (unpaired) electrons. The Bertz CT molecular complexity index is 1460. The van der Waals surface area contributed by atoms with Gasteiger partial charge in [-0.05, 0) is 58.3 Å². The number of aryl methyl sites for hydroxylation is 1. The molecule has 0 saturated carbocycles. The predicted molar refractivity (Wildman–Crippen MR) is 199 cm³/mol. The molecule has 5 rings (SSSR count). The number of anilines is 1. The summed E-state index contributed by atoms with van der Waals surface area (Å²) in [5.41, 5.74) is 21.2. The number of nitrogens with one attached hydrogen (secondary N) is 1. The van der Waals surface area contributed by atoms with Gasteiger partial charge in [-0.2, -0.15) is 0 Å². The highest BCUT2D eigenvalue weighted by Crippen LogP contribution is 2.34. The van der Waals surface area contributed by atoms with E-state index in [0.717, 1.165) is 107 Å². The van der Waals surface area contributed by atoms with Crippen LogP contribution >= 0.6 is 0 Å². The summed E-state index contributed by atoms with van der Waals surface area (Å²) < 4.78 is 13.8. The van der Waals surface area contributed by atoms with Gasteiger partial charge in [0.25, 0.3) is 0 Å². The van der Waals surface area contributed by atoms with Crippen molar-refractivity contribution in [3.8, 4) is 0 Å². The lowest BCUT2D eigenvalue weighted by atomic mass is 9.96. The number of fused-ring (bicyclic) bond motifs is 1. The maximum atomic E-state index is 13.3. The number of aromatic nitrogens is 2. The van der Waals surface area contributed by atoms with E-state index in [2.05, 4.69) is 21.8 Å². The Morgan fingerprint density at radius 1 is 0.942 bits per heavy atom. The topological polar surface area (TPSA) is 187 Å². The molecule has 4 aliphatic rings. The average Bonchev–Trinajstić information content (AvgIpc) is 3.76. The van der Waals surface area contributed by atoms with Crippen molar-refractivity contribution in [3.05, 3.63) is 28.2 Å². The molecule has 0 amide bonds. The molecule has 7 N–H and O–H groups in total. The van der Waals surface area contributed by atoms with Crippen molar-refractivity contribution in [2.24, 2.45) is 27.2 Å². The number of nitrogens with two attached hydrogens (primary N) is 3. The average molecular weight is 744 g/mol. The summed E-state index contributed by atoms with van der Waals surface area (Å²) in [5, 5.41) is 3.69. The summed E-state index contributed by atoms with van der Waals surface area (Å²) in [7, 11) is 0. The number of carbonyl (C=O) groups excluding carboxylic acids is 2. The van der Waals surface area contributed by atoms with Crippen LogP contribution in [-0.2, 0) is 20.7 Å². The zero-order chi connectivity index (χ0) is 36.2. The fourth-order valence-electron chi connectivity index (χ4n) is 8.17. The molecule has 0 unspecified atom stereocenters. The largest absolute Gasteiger partial charge is 1.00 e. The predicted octanol–water partition coefficient (Wildman–Crippen LogP) is 1.85. The summed E-state index contributed by atoms with van der Waals surface area (Å²) in [5.74, 6) is 0.933. The van der Waals surface area contributed by atoms with Gasteiger partial charge in [-0.15, -0.1) is 0 Å². The first-order valence-electron chi connectivity index (χ1n) is 19.7. The van der Waals surface area contributed by atoms with Crippen LogP contribution in [0.15, 0.2) is 21.3 Å². The SMILES string of the molecule is CCCCCCC[C@@H]1C[C@@H]2CCc3c(C(=O)OCCCCCCC[C@H]4N=C(N)N5CCCC5=C4C(=O)OCCCCN=C(N)N)c(C)nc([n+]32)N1.[Cl-]. The molecule has 290 valence electrons. The molecule has 1 saturated heterocycles. The second kappa shape index (κ2) is 20.6. The lowest BCUT2D eigenvalue weighted by Gasteiger charge is -2.30. The molecular weight excluding hydrogens is 682 g/mol. The molecule has 1 fully saturated rings. The highest BCUT2D eigenvalue weighted by molar-refractivity contribution is 5.95. The number of esters is 2.